The van der Waals surface area contributed by atoms with E-state index in [1.54, 1.807) is 9.80 Å². The minimum Gasteiger partial charge on any atom is -0.366 e. The molecule has 142 valence electrons. The van der Waals surface area contributed by atoms with Crippen molar-refractivity contribution in [1.29, 1.82) is 0 Å². The zero-order chi connectivity index (χ0) is 18.8. The predicted octanol–water partition coefficient (Wildman–Crippen LogP) is 1.06. The maximum absolute atomic E-state index is 13.0. The van der Waals surface area contributed by atoms with Crippen molar-refractivity contribution in [1.82, 2.24) is 25.0 Å². The van der Waals surface area contributed by atoms with Gasteiger partial charge in [0.1, 0.15) is 11.9 Å². The van der Waals surface area contributed by atoms with Crippen LogP contribution in [0, 0.1) is 12.8 Å². The second-order valence-corrected chi connectivity index (χ2v) is 7.08. The molecule has 0 aliphatic carbocycles. The van der Waals surface area contributed by atoms with Crippen LogP contribution in [-0.4, -0.2) is 63.0 Å². The van der Waals surface area contributed by atoms with Crippen molar-refractivity contribution in [3.05, 3.63) is 47.5 Å². The van der Waals surface area contributed by atoms with E-state index in [-0.39, 0.29) is 30.3 Å². The Labute approximate surface area is 157 Å². The van der Waals surface area contributed by atoms with Crippen LogP contribution in [-0.2, 0) is 20.9 Å². The summed E-state index contributed by atoms with van der Waals surface area (Å²) < 4.78 is 5.73. The quantitative estimate of drug-likeness (QED) is 0.870. The van der Waals surface area contributed by atoms with Gasteiger partial charge in [0.2, 0.25) is 11.8 Å². The van der Waals surface area contributed by atoms with Crippen molar-refractivity contribution >= 4 is 11.8 Å². The van der Waals surface area contributed by atoms with Gasteiger partial charge in [-0.2, -0.15) is 5.10 Å². The van der Waals surface area contributed by atoms with Crippen molar-refractivity contribution in [2.24, 2.45) is 5.92 Å². The third-order valence-electron chi connectivity index (χ3n) is 5.06. The van der Waals surface area contributed by atoms with E-state index in [9.17, 15) is 9.59 Å². The lowest BCUT2D eigenvalue weighted by molar-refractivity contribution is -0.143. The first-order valence-corrected chi connectivity index (χ1v) is 9.21. The highest BCUT2D eigenvalue weighted by atomic mass is 16.5. The number of carbonyl (C=O) groups excluding carboxylic acids is 2. The molecule has 2 aliphatic heterocycles. The lowest BCUT2D eigenvalue weighted by Crippen LogP contribution is -2.45. The van der Waals surface area contributed by atoms with Crippen LogP contribution < -0.4 is 0 Å². The van der Waals surface area contributed by atoms with Gasteiger partial charge in [-0.3, -0.25) is 14.7 Å². The number of aryl methyl sites for hydroxylation is 1. The zero-order valence-electron chi connectivity index (χ0n) is 15.3. The van der Waals surface area contributed by atoms with Gasteiger partial charge in [-0.1, -0.05) is 30.3 Å². The SMILES string of the molecule is Cc1nc(C2CN(C(=O)C3CC(=O)N(Cc4ccccc4)C3)CCO2)n[nH]1. The van der Waals surface area contributed by atoms with Crippen LogP contribution in [0.4, 0.5) is 0 Å². The van der Waals surface area contributed by atoms with Gasteiger partial charge < -0.3 is 14.5 Å². The van der Waals surface area contributed by atoms with Gasteiger partial charge in [0, 0.05) is 26.1 Å². The third kappa shape index (κ3) is 3.85. The molecule has 2 unspecified atom stereocenters. The number of hydrogen-bond acceptors (Lipinski definition) is 5. The molecule has 2 saturated heterocycles. The van der Waals surface area contributed by atoms with Crippen LogP contribution in [0.2, 0.25) is 0 Å². The number of amides is 2. The highest BCUT2D eigenvalue weighted by molar-refractivity contribution is 5.89. The normalized spacial score (nSPS) is 23.1. The molecule has 8 nitrogen and oxygen atoms in total. The molecule has 2 aromatic rings. The molecule has 27 heavy (non-hydrogen) atoms. The summed E-state index contributed by atoms with van der Waals surface area (Å²) >= 11 is 0. The highest BCUT2D eigenvalue weighted by Crippen LogP contribution is 2.25. The van der Waals surface area contributed by atoms with Crippen molar-refractivity contribution in [2.75, 3.05) is 26.2 Å². The first-order valence-electron chi connectivity index (χ1n) is 9.21. The number of carbonyl (C=O) groups is 2. The van der Waals surface area contributed by atoms with E-state index in [1.807, 2.05) is 37.3 Å². The molecular formula is C19H23N5O3. The maximum atomic E-state index is 13.0. The molecule has 1 aromatic heterocycles. The molecule has 2 fully saturated rings. The average molecular weight is 369 g/mol. The van der Waals surface area contributed by atoms with Gasteiger partial charge in [-0.25, -0.2) is 4.98 Å². The van der Waals surface area contributed by atoms with Gasteiger partial charge in [0.25, 0.3) is 0 Å². The minimum atomic E-state index is -0.329. The number of aromatic amines is 1. The summed E-state index contributed by atoms with van der Waals surface area (Å²) in [5.41, 5.74) is 1.07. The molecule has 3 heterocycles. The van der Waals surface area contributed by atoms with Crippen molar-refractivity contribution in [3.8, 4) is 0 Å². The Morgan fingerprint density at radius 1 is 1.30 bits per heavy atom. The van der Waals surface area contributed by atoms with Gasteiger partial charge in [-0.15, -0.1) is 0 Å². The molecule has 2 atom stereocenters. The molecule has 0 radical (unpaired) electrons. The number of ether oxygens (including phenoxy) is 1. The van der Waals surface area contributed by atoms with Gasteiger partial charge in [-0.05, 0) is 12.5 Å². The van der Waals surface area contributed by atoms with E-state index in [2.05, 4.69) is 15.2 Å². The lowest BCUT2D eigenvalue weighted by atomic mass is 10.1. The number of H-pyrrole nitrogens is 1. The number of nitrogens with zero attached hydrogens (tertiary/aromatic N) is 4. The number of benzene rings is 1. The van der Waals surface area contributed by atoms with E-state index in [0.717, 1.165) is 11.4 Å². The predicted molar refractivity (Wildman–Crippen MR) is 96.4 cm³/mol. The number of nitrogens with one attached hydrogen (secondary N) is 1. The van der Waals surface area contributed by atoms with Crippen LogP contribution in [0.15, 0.2) is 30.3 Å². The summed E-state index contributed by atoms with van der Waals surface area (Å²) in [6.07, 6.45) is -0.0573. The van der Waals surface area contributed by atoms with Crippen molar-refractivity contribution < 1.29 is 14.3 Å². The molecule has 0 spiro atoms. The third-order valence-corrected chi connectivity index (χ3v) is 5.06. The van der Waals surface area contributed by atoms with Gasteiger partial charge >= 0.3 is 0 Å². The standard InChI is InChI=1S/C19H23N5O3/c1-13-20-18(22-21-13)16-12-23(7-8-27-16)19(26)15-9-17(25)24(11-15)10-14-5-3-2-4-6-14/h2-6,15-16H,7-12H2,1H3,(H,20,21,22). The highest BCUT2D eigenvalue weighted by Gasteiger charge is 2.38. The Morgan fingerprint density at radius 3 is 2.85 bits per heavy atom. The summed E-state index contributed by atoms with van der Waals surface area (Å²) in [5.74, 6) is 1.04. The summed E-state index contributed by atoms with van der Waals surface area (Å²) in [4.78, 5) is 33.2. The first-order chi connectivity index (χ1) is 13.1. The van der Waals surface area contributed by atoms with Crippen LogP contribution in [0.1, 0.15) is 29.7 Å². The van der Waals surface area contributed by atoms with E-state index < -0.39 is 0 Å². The summed E-state index contributed by atoms with van der Waals surface area (Å²) in [5, 5.41) is 6.94. The zero-order valence-corrected chi connectivity index (χ0v) is 15.3. The number of likely N-dealkylation sites (tertiary alicyclic amines) is 1. The lowest BCUT2D eigenvalue weighted by Gasteiger charge is -2.33. The number of hydrogen-bond donors (Lipinski definition) is 1. The summed E-state index contributed by atoms with van der Waals surface area (Å²) in [6.45, 7) is 4.23. The molecule has 0 saturated carbocycles. The molecule has 1 aromatic carbocycles. The average Bonchev–Trinajstić information content (AvgIpc) is 3.28. The van der Waals surface area contributed by atoms with Crippen LogP contribution in [0.3, 0.4) is 0 Å². The smallest absolute Gasteiger partial charge is 0.228 e. The fraction of sp³-hybridized carbons (Fsp3) is 0.474. The number of rotatable bonds is 4. The molecular weight excluding hydrogens is 346 g/mol. The van der Waals surface area contributed by atoms with Crippen LogP contribution in [0.25, 0.3) is 0 Å². The topological polar surface area (TPSA) is 91.4 Å². The molecule has 4 rings (SSSR count). The second-order valence-electron chi connectivity index (χ2n) is 7.08. The monoisotopic (exact) mass is 369 g/mol. The Balaban J connectivity index is 1.38. The first kappa shape index (κ1) is 17.7. The fourth-order valence-electron chi connectivity index (χ4n) is 3.66. The number of aromatic nitrogens is 3. The van der Waals surface area contributed by atoms with E-state index in [4.69, 9.17) is 4.74 Å². The Morgan fingerprint density at radius 2 is 2.11 bits per heavy atom. The Kier molecular flexibility index (Phi) is 4.89. The molecule has 0 bridgehead atoms. The van der Waals surface area contributed by atoms with Crippen molar-refractivity contribution in [3.63, 3.8) is 0 Å². The van der Waals surface area contributed by atoms with Crippen molar-refractivity contribution in [2.45, 2.75) is 26.0 Å². The van der Waals surface area contributed by atoms with E-state index in [0.29, 0.717) is 38.6 Å². The maximum Gasteiger partial charge on any atom is 0.228 e. The molecule has 8 heteroatoms. The Hall–Kier alpha value is -2.74. The minimum absolute atomic E-state index is 0.0134. The van der Waals surface area contributed by atoms with Gasteiger partial charge in [0.05, 0.1) is 19.1 Å². The molecule has 1 N–H and O–H groups in total. The van der Waals surface area contributed by atoms with E-state index >= 15 is 0 Å². The second kappa shape index (κ2) is 7.48. The van der Waals surface area contributed by atoms with Crippen LogP contribution >= 0.6 is 0 Å². The summed E-state index contributed by atoms with van der Waals surface area (Å²) in [6, 6.07) is 9.85. The van der Waals surface area contributed by atoms with Crippen LogP contribution in [0.5, 0.6) is 0 Å². The Bertz CT molecular complexity index is 822. The molecule has 2 amide bonds. The molecule has 2 aliphatic rings. The number of morpholine rings is 1. The summed E-state index contributed by atoms with van der Waals surface area (Å²) in [7, 11) is 0. The fourth-order valence-corrected chi connectivity index (χ4v) is 3.66. The largest absolute Gasteiger partial charge is 0.366 e. The van der Waals surface area contributed by atoms with Gasteiger partial charge in [0.15, 0.2) is 5.82 Å². The van der Waals surface area contributed by atoms with E-state index in [1.165, 1.54) is 0 Å².